The van der Waals surface area contributed by atoms with Crippen molar-refractivity contribution in [3.8, 4) is 0 Å². The van der Waals surface area contributed by atoms with Crippen LogP contribution in [0.1, 0.15) is 15.9 Å². The second kappa shape index (κ2) is 3.28. The molecule has 2 N–H and O–H groups in total. The predicted molar refractivity (Wildman–Crippen MR) is 47.8 cm³/mol. The van der Waals surface area contributed by atoms with E-state index in [4.69, 9.17) is 5.73 Å². The van der Waals surface area contributed by atoms with E-state index in [2.05, 4.69) is 0 Å². The van der Waals surface area contributed by atoms with E-state index in [-0.39, 0.29) is 5.56 Å². The molecular formula is C8H9AsFNO. The SMILES string of the molecule is Cc1c([AsH2])ccc(C(N)=O)c1F. The standard InChI is InChI=1S/C8H9AsFNO/c1-4-6(9)3-2-5(7(4)10)8(11)12/h2-3H,9H2,1H3,(H2,11,12). The summed E-state index contributed by atoms with van der Waals surface area (Å²) in [7, 11) is 0. The molecule has 0 bridgehead atoms. The zero-order valence-electron chi connectivity index (χ0n) is 6.60. The van der Waals surface area contributed by atoms with Crippen LogP contribution >= 0.6 is 0 Å². The average molecular weight is 229 g/mol. The van der Waals surface area contributed by atoms with E-state index in [1.165, 1.54) is 22.9 Å². The van der Waals surface area contributed by atoms with Crippen LogP contribution in [-0.2, 0) is 0 Å². The molecule has 0 fully saturated rings. The van der Waals surface area contributed by atoms with Crippen molar-refractivity contribution < 1.29 is 9.18 Å². The van der Waals surface area contributed by atoms with E-state index in [0.717, 1.165) is 4.35 Å². The summed E-state index contributed by atoms with van der Waals surface area (Å²) in [4.78, 5) is 10.7. The summed E-state index contributed by atoms with van der Waals surface area (Å²) < 4.78 is 14.1. The third-order valence-electron chi connectivity index (χ3n) is 1.69. The van der Waals surface area contributed by atoms with Crippen LogP contribution in [0.5, 0.6) is 0 Å². The molecule has 0 saturated carbocycles. The molecule has 0 aromatic heterocycles. The van der Waals surface area contributed by atoms with Crippen molar-refractivity contribution in [2.24, 2.45) is 5.73 Å². The number of rotatable bonds is 1. The van der Waals surface area contributed by atoms with E-state index in [1.807, 2.05) is 0 Å². The summed E-state index contributed by atoms with van der Waals surface area (Å²) in [5.74, 6) is -1.22. The van der Waals surface area contributed by atoms with E-state index < -0.39 is 11.7 Å². The van der Waals surface area contributed by atoms with Gasteiger partial charge in [0, 0.05) is 0 Å². The van der Waals surface area contributed by atoms with Gasteiger partial charge in [-0.1, -0.05) is 0 Å². The molecule has 1 aromatic rings. The number of halogens is 1. The first-order valence-electron chi connectivity index (χ1n) is 3.38. The fourth-order valence-corrected chi connectivity index (χ4v) is 1.36. The molecule has 1 rings (SSSR count). The molecule has 1 amide bonds. The molecule has 0 aliphatic carbocycles. The molecule has 4 heteroatoms. The summed E-state index contributed by atoms with van der Waals surface area (Å²) in [5, 5.41) is 0. The van der Waals surface area contributed by atoms with Crippen LogP contribution in [-0.4, -0.2) is 22.8 Å². The summed E-state index contributed by atoms with van der Waals surface area (Å²) in [5.41, 5.74) is 5.43. The second-order valence-corrected chi connectivity index (χ2v) is 3.81. The van der Waals surface area contributed by atoms with Gasteiger partial charge in [0.25, 0.3) is 0 Å². The van der Waals surface area contributed by atoms with Crippen LogP contribution in [0.15, 0.2) is 12.1 Å². The molecule has 0 aliphatic rings. The first kappa shape index (κ1) is 9.27. The normalized spacial score (nSPS) is 9.92. The number of hydrogen-bond donors (Lipinski definition) is 1. The minimum absolute atomic E-state index is 0.0334. The van der Waals surface area contributed by atoms with Crippen molar-refractivity contribution in [1.29, 1.82) is 0 Å². The van der Waals surface area contributed by atoms with Gasteiger partial charge in [-0.3, -0.25) is 0 Å². The van der Waals surface area contributed by atoms with Crippen molar-refractivity contribution in [2.45, 2.75) is 6.92 Å². The van der Waals surface area contributed by atoms with Crippen LogP contribution in [0.2, 0.25) is 0 Å². The molecule has 1 aromatic carbocycles. The van der Waals surface area contributed by atoms with E-state index in [1.54, 1.807) is 13.0 Å². The van der Waals surface area contributed by atoms with Gasteiger partial charge in [0.15, 0.2) is 0 Å². The number of hydrogen-bond acceptors (Lipinski definition) is 1. The molecule has 1 unspecified atom stereocenters. The van der Waals surface area contributed by atoms with Gasteiger partial charge >= 0.3 is 78.0 Å². The zero-order valence-corrected chi connectivity index (χ0v) is 9.02. The Balaban J connectivity index is 3.36. The predicted octanol–water partition coefficient (Wildman–Crippen LogP) is -0.509. The molecule has 0 radical (unpaired) electrons. The Morgan fingerprint density at radius 3 is 2.67 bits per heavy atom. The number of nitrogens with two attached hydrogens (primary N) is 1. The Bertz CT molecular complexity index is 338. The molecule has 0 aliphatic heterocycles. The number of amides is 1. The van der Waals surface area contributed by atoms with Gasteiger partial charge in [-0.25, -0.2) is 0 Å². The minimum atomic E-state index is -0.719. The first-order chi connectivity index (χ1) is 5.54. The Labute approximate surface area is 78.4 Å². The van der Waals surface area contributed by atoms with E-state index in [9.17, 15) is 9.18 Å². The van der Waals surface area contributed by atoms with Crippen molar-refractivity contribution in [2.75, 3.05) is 0 Å². The maximum absolute atomic E-state index is 13.2. The number of carbonyl (C=O) groups is 1. The van der Waals surface area contributed by atoms with Gasteiger partial charge in [-0.05, 0) is 0 Å². The van der Waals surface area contributed by atoms with Crippen LogP contribution in [0.3, 0.4) is 0 Å². The average Bonchev–Trinajstić information content (AvgIpc) is 2.00. The maximum atomic E-state index is 13.2. The monoisotopic (exact) mass is 229 g/mol. The number of benzene rings is 1. The summed E-state index contributed by atoms with van der Waals surface area (Å²) in [6.45, 7) is 1.64. The number of primary amides is 1. The number of carbonyl (C=O) groups excluding carboxylic acids is 1. The van der Waals surface area contributed by atoms with Crippen LogP contribution in [0.25, 0.3) is 0 Å². The summed E-state index contributed by atoms with van der Waals surface area (Å²) in [6.07, 6.45) is 0. The van der Waals surface area contributed by atoms with Crippen molar-refractivity contribution in [3.63, 3.8) is 0 Å². The fraction of sp³-hybridized carbons (Fsp3) is 0.125. The Kier molecular flexibility index (Phi) is 2.53. The van der Waals surface area contributed by atoms with Crippen LogP contribution in [0.4, 0.5) is 4.39 Å². The Morgan fingerprint density at radius 1 is 1.58 bits per heavy atom. The molecule has 1 atom stereocenters. The molecule has 0 saturated heterocycles. The quantitative estimate of drug-likeness (QED) is 0.647. The van der Waals surface area contributed by atoms with Crippen LogP contribution in [0, 0.1) is 12.7 Å². The zero-order chi connectivity index (χ0) is 9.30. The summed E-state index contributed by atoms with van der Waals surface area (Å²) >= 11 is 1.33. The summed E-state index contributed by atoms with van der Waals surface area (Å²) in [6, 6.07) is 3.13. The Morgan fingerprint density at radius 2 is 2.17 bits per heavy atom. The second-order valence-electron chi connectivity index (χ2n) is 2.51. The molecule has 12 heavy (non-hydrogen) atoms. The van der Waals surface area contributed by atoms with Gasteiger partial charge in [0.05, 0.1) is 0 Å². The van der Waals surface area contributed by atoms with Crippen molar-refractivity contribution in [1.82, 2.24) is 0 Å². The molecule has 0 heterocycles. The van der Waals surface area contributed by atoms with E-state index in [0.29, 0.717) is 5.56 Å². The molecule has 0 spiro atoms. The fourth-order valence-electron chi connectivity index (χ4n) is 0.890. The molecule has 64 valence electrons. The van der Waals surface area contributed by atoms with Gasteiger partial charge < -0.3 is 0 Å². The van der Waals surface area contributed by atoms with Gasteiger partial charge in [-0.2, -0.15) is 0 Å². The molecule has 2 nitrogen and oxygen atoms in total. The van der Waals surface area contributed by atoms with Gasteiger partial charge in [-0.15, -0.1) is 0 Å². The van der Waals surface area contributed by atoms with Gasteiger partial charge in [0.1, 0.15) is 0 Å². The first-order valence-corrected chi connectivity index (χ1v) is 4.59. The van der Waals surface area contributed by atoms with E-state index >= 15 is 0 Å². The van der Waals surface area contributed by atoms with Gasteiger partial charge in [0.2, 0.25) is 0 Å². The van der Waals surface area contributed by atoms with Crippen LogP contribution < -0.4 is 10.1 Å². The van der Waals surface area contributed by atoms with Crippen molar-refractivity contribution in [3.05, 3.63) is 29.1 Å². The third-order valence-corrected chi connectivity index (χ3v) is 3.01. The topological polar surface area (TPSA) is 43.1 Å². The molecular weight excluding hydrogens is 220 g/mol. The van der Waals surface area contributed by atoms with Crippen molar-refractivity contribution >= 4 is 27.1 Å². The Hall–Kier alpha value is -0.822. The third kappa shape index (κ3) is 1.51.